The largest absolute Gasteiger partial charge is 0.467 e. The summed E-state index contributed by atoms with van der Waals surface area (Å²) in [5.74, 6) is 0.792. The van der Waals surface area contributed by atoms with Crippen LogP contribution in [0.2, 0.25) is 0 Å². The summed E-state index contributed by atoms with van der Waals surface area (Å²) in [5.41, 5.74) is 4.96. The van der Waals surface area contributed by atoms with Gasteiger partial charge in [0.1, 0.15) is 5.76 Å². The number of pyridine rings is 1. The van der Waals surface area contributed by atoms with E-state index in [4.69, 9.17) is 16.6 Å². The third-order valence-electron chi connectivity index (χ3n) is 5.74. The van der Waals surface area contributed by atoms with Crippen molar-refractivity contribution in [1.82, 2.24) is 15.2 Å². The van der Waals surface area contributed by atoms with Gasteiger partial charge in [0.15, 0.2) is 5.11 Å². The third-order valence-corrected chi connectivity index (χ3v) is 6.14. The first-order valence-corrected chi connectivity index (χ1v) is 11.1. The van der Waals surface area contributed by atoms with Gasteiger partial charge in [-0.15, -0.1) is 0 Å². The minimum absolute atomic E-state index is 0.0947. The molecule has 4 rings (SSSR count). The molecule has 0 saturated heterocycles. The number of nitrogens with zero attached hydrogens (tertiary/aromatic N) is 1. The summed E-state index contributed by atoms with van der Waals surface area (Å²) in [6, 6.07) is 20.1. The van der Waals surface area contributed by atoms with E-state index in [2.05, 4.69) is 28.5 Å². The smallest absolute Gasteiger partial charge is 0.253 e. The molecule has 6 heteroatoms. The Labute approximate surface area is 193 Å². The van der Waals surface area contributed by atoms with Crippen LogP contribution in [-0.2, 0) is 19.5 Å². The van der Waals surface area contributed by atoms with Gasteiger partial charge in [0, 0.05) is 12.1 Å². The van der Waals surface area contributed by atoms with E-state index in [0.29, 0.717) is 30.3 Å². The fraction of sp³-hybridized carbons (Fsp3) is 0.231. The Morgan fingerprint density at radius 1 is 1.06 bits per heavy atom. The summed E-state index contributed by atoms with van der Waals surface area (Å²) < 4.78 is 5.54. The highest BCUT2D eigenvalue weighted by atomic mass is 32.1. The number of hydrogen-bond donors (Lipinski definition) is 2. The molecule has 0 aliphatic rings. The van der Waals surface area contributed by atoms with Crippen molar-refractivity contribution in [3.05, 3.63) is 105 Å². The van der Waals surface area contributed by atoms with Gasteiger partial charge in [-0.1, -0.05) is 42.5 Å². The first-order chi connectivity index (χ1) is 15.5. The average Bonchev–Trinajstić information content (AvgIpc) is 3.31. The van der Waals surface area contributed by atoms with Gasteiger partial charge in [0.25, 0.3) is 5.56 Å². The summed E-state index contributed by atoms with van der Waals surface area (Å²) in [5, 5.41) is 4.95. The maximum absolute atomic E-state index is 12.9. The summed E-state index contributed by atoms with van der Waals surface area (Å²) >= 11 is 5.70. The van der Waals surface area contributed by atoms with Crippen molar-refractivity contribution in [2.24, 2.45) is 0 Å². The van der Waals surface area contributed by atoms with Crippen LogP contribution in [0.5, 0.6) is 0 Å². The first kappa shape index (κ1) is 21.8. The molecule has 0 atom stereocenters. The van der Waals surface area contributed by atoms with Crippen LogP contribution < -0.4 is 10.9 Å². The number of aryl methyl sites for hydroxylation is 2. The van der Waals surface area contributed by atoms with E-state index in [1.165, 1.54) is 5.56 Å². The molecule has 4 aromatic rings. The highest BCUT2D eigenvalue weighted by Crippen LogP contribution is 2.20. The van der Waals surface area contributed by atoms with Gasteiger partial charge in [-0.3, -0.25) is 4.79 Å². The second-order valence-electron chi connectivity index (χ2n) is 8.00. The number of aromatic amines is 1. The second kappa shape index (κ2) is 9.83. The SMILES string of the molecule is Cc1ccc2cc(CN(Cc3ccco3)C(=S)NCCc3ccccc3)c(=O)[nH]c2c1C. The molecule has 5 nitrogen and oxygen atoms in total. The van der Waals surface area contributed by atoms with Crippen molar-refractivity contribution in [3.63, 3.8) is 0 Å². The zero-order chi connectivity index (χ0) is 22.5. The first-order valence-electron chi connectivity index (χ1n) is 10.7. The van der Waals surface area contributed by atoms with E-state index in [9.17, 15) is 4.79 Å². The maximum Gasteiger partial charge on any atom is 0.253 e. The number of hydrogen-bond acceptors (Lipinski definition) is 3. The maximum atomic E-state index is 12.9. The lowest BCUT2D eigenvalue weighted by atomic mass is 10.0. The third kappa shape index (κ3) is 5.08. The molecule has 0 bridgehead atoms. The Morgan fingerprint density at radius 3 is 2.62 bits per heavy atom. The van der Waals surface area contributed by atoms with Crippen molar-refractivity contribution >= 4 is 28.2 Å². The van der Waals surface area contributed by atoms with E-state index in [-0.39, 0.29) is 5.56 Å². The van der Waals surface area contributed by atoms with Crippen LogP contribution in [-0.4, -0.2) is 21.5 Å². The molecule has 2 N–H and O–H groups in total. The predicted molar refractivity (Wildman–Crippen MR) is 133 cm³/mol. The lowest BCUT2D eigenvalue weighted by molar-refractivity contribution is 0.350. The molecule has 32 heavy (non-hydrogen) atoms. The molecule has 0 amide bonds. The number of nitrogens with one attached hydrogen (secondary N) is 2. The van der Waals surface area contributed by atoms with E-state index in [0.717, 1.165) is 34.2 Å². The number of thiocarbonyl (C=S) groups is 1. The van der Waals surface area contributed by atoms with Gasteiger partial charge < -0.3 is 19.6 Å². The molecule has 0 unspecified atom stereocenters. The fourth-order valence-corrected chi connectivity index (χ4v) is 3.98. The molecule has 2 aromatic carbocycles. The topological polar surface area (TPSA) is 61.3 Å². The lowest BCUT2D eigenvalue weighted by Crippen LogP contribution is -2.40. The monoisotopic (exact) mass is 445 g/mol. The van der Waals surface area contributed by atoms with Crippen molar-refractivity contribution < 1.29 is 4.42 Å². The van der Waals surface area contributed by atoms with Crippen LogP contribution in [0, 0.1) is 13.8 Å². The van der Waals surface area contributed by atoms with Crippen molar-refractivity contribution in [2.45, 2.75) is 33.4 Å². The molecule has 0 fully saturated rings. The van der Waals surface area contributed by atoms with Gasteiger partial charge in [-0.25, -0.2) is 0 Å². The summed E-state index contributed by atoms with van der Waals surface area (Å²) in [7, 11) is 0. The van der Waals surface area contributed by atoms with Crippen LogP contribution in [0.15, 0.2) is 76.1 Å². The molecule has 0 radical (unpaired) electrons. The second-order valence-corrected chi connectivity index (χ2v) is 8.39. The van der Waals surface area contributed by atoms with Crippen molar-refractivity contribution in [3.8, 4) is 0 Å². The van der Waals surface area contributed by atoms with E-state index < -0.39 is 0 Å². The zero-order valence-corrected chi connectivity index (χ0v) is 19.2. The fourth-order valence-electron chi connectivity index (χ4n) is 3.75. The van der Waals surface area contributed by atoms with Gasteiger partial charge in [-0.2, -0.15) is 0 Å². The summed E-state index contributed by atoms with van der Waals surface area (Å²) in [6.07, 6.45) is 2.51. The van der Waals surface area contributed by atoms with E-state index in [1.54, 1.807) is 6.26 Å². The van der Waals surface area contributed by atoms with Gasteiger partial charge in [-0.05, 0) is 72.8 Å². The molecule has 2 aromatic heterocycles. The molecule has 0 spiro atoms. The quantitative estimate of drug-likeness (QED) is 0.398. The molecule has 0 aliphatic carbocycles. The van der Waals surface area contributed by atoms with Crippen LogP contribution in [0.4, 0.5) is 0 Å². The Kier molecular flexibility index (Phi) is 6.71. The minimum atomic E-state index is -0.0947. The predicted octanol–water partition coefficient (Wildman–Crippen LogP) is 4.86. The molecular weight excluding hydrogens is 418 g/mol. The van der Waals surface area contributed by atoms with Crippen LogP contribution >= 0.6 is 12.2 Å². The highest BCUT2D eigenvalue weighted by Gasteiger charge is 2.16. The van der Waals surface area contributed by atoms with E-state index >= 15 is 0 Å². The zero-order valence-electron chi connectivity index (χ0n) is 18.4. The Balaban J connectivity index is 1.54. The van der Waals surface area contributed by atoms with E-state index in [1.807, 2.05) is 61.2 Å². The molecule has 0 saturated carbocycles. The van der Waals surface area contributed by atoms with Crippen LogP contribution in [0.3, 0.4) is 0 Å². The summed E-state index contributed by atoms with van der Waals surface area (Å²) in [4.78, 5) is 17.9. The number of benzene rings is 2. The minimum Gasteiger partial charge on any atom is -0.467 e. The molecule has 0 aliphatic heterocycles. The molecular formula is C26H27N3O2S. The highest BCUT2D eigenvalue weighted by molar-refractivity contribution is 7.80. The number of furan rings is 1. The van der Waals surface area contributed by atoms with Gasteiger partial charge >= 0.3 is 0 Å². The Bertz CT molecular complexity index is 1260. The normalized spacial score (nSPS) is 10.9. The van der Waals surface area contributed by atoms with Gasteiger partial charge in [0.2, 0.25) is 0 Å². The van der Waals surface area contributed by atoms with Gasteiger partial charge in [0.05, 0.1) is 24.9 Å². The van der Waals surface area contributed by atoms with Crippen LogP contribution in [0.25, 0.3) is 10.9 Å². The number of fused-ring (bicyclic) bond motifs is 1. The standard InChI is InChI=1S/C26H27N3O2S/c1-18-10-11-21-15-22(25(30)28-24(21)19(18)2)16-29(17-23-9-6-14-31-23)26(32)27-13-12-20-7-4-3-5-8-20/h3-11,14-15H,12-13,16-17H2,1-2H3,(H,27,32)(H,28,30). The lowest BCUT2D eigenvalue weighted by Gasteiger charge is -2.25. The molecule has 2 heterocycles. The Hall–Kier alpha value is -3.38. The number of H-pyrrole nitrogens is 1. The van der Waals surface area contributed by atoms with Crippen molar-refractivity contribution in [2.75, 3.05) is 6.54 Å². The Morgan fingerprint density at radius 2 is 1.88 bits per heavy atom. The average molecular weight is 446 g/mol. The van der Waals surface area contributed by atoms with Crippen molar-refractivity contribution in [1.29, 1.82) is 0 Å². The molecule has 164 valence electrons. The van der Waals surface area contributed by atoms with Crippen LogP contribution in [0.1, 0.15) is 28.0 Å². The number of rotatable bonds is 7. The summed E-state index contributed by atoms with van der Waals surface area (Å²) in [6.45, 7) is 5.66. The number of aromatic nitrogens is 1.